The number of hydrogen-bond acceptors (Lipinski definition) is 5. The molecule has 0 saturated carbocycles. The van der Waals surface area contributed by atoms with Gasteiger partial charge in [0, 0.05) is 13.1 Å². The highest BCUT2D eigenvalue weighted by molar-refractivity contribution is 8.15. The topological polar surface area (TPSA) is 75.7 Å². The molecule has 2 aromatic carbocycles. The summed E-state index contributed by atoms with van der Waals surface area (Å²) in [4.78, 5) is 37.9. The zero-order valence-electron chi connectivity index (χ0n) is 15.7. The van der Waals surface area contributed by atoms with E-state index >= 15 is 0 Å². The van der Waals surface area contributed by atoms with Crippen molar-refractivity contribution in [3.63, 3.8) is 0 Å². The Labute approximate surface area is 174 Å². The monoisotopic (exact) mass is 438 g/mol. The summed E-state index contributed by atoms with van der Waals surface area (Å²) in [6.45, 7) is -0.145. The van der Waals surface area contributed by atoms with Crippen molar-refractivity contribution < 1.29 is 32.3 Å². The Hall–Kier alpha value is -3.01. The number of methoxy groups -OCH3 is 1. The number of amides is 3. The lowest BCUT2D eigenvalue weighted by atomic mass is 10.1. The van der Waals surface area contributed by atoms with Crippen LogP contribution >= 0.6 is 11.8 Å². The van der Waals surface area contributed by atoms with Gasteiger partial charge in [-0.2, -0.15) is 13.2 Å². The van der Waals surface area contributed by atoms with Crippen LogP contribution in [0.5, 0.6) is 5.75 Å². The predicted octanol–water partition coefficient (Wildman–Crippen LogP) is 3.71. The van der Waals surface area contributed by atoms with E-state index in [0.29, 0.717) is 11.3 Å². The van der Waals surface area contributed by atoms with Crippen molar-refractivity contribution in [2.75, 3.05) is 13.7 Å². The van der Waals surface area contributed by atoms with E-state index in [-0.39, 0.29) is 18.7 Å². The second kappa shape index (κ2) is 8.78. The highest BCUT2D eigenvalue weighted by Gasteiger charge is 2.35. The molecule has 158 valence electrons. The molecular formula is C20H17F3N2O4S. The van der Waals surface area contributed by atoms with E-state index in [0.717, 1.165) is 23.9 Å². The number of hydrogen-bond donors (Lipinski definition) is 1. The molecule has 0 bridgehead atoms. The summed E-state index contributed by atoms with van der Waals surface area (Å²) in [5.41, 5.74) is -0.118. The number of carbonyl (C=O) groups excluding carboxylic acids is 3. The first kappa shape index (κ1) is 21.7. The van der Waals surface area contributed by atoms with E-state index in [4.69, 9.17) is 4.74 Å². The second-order valence-electron chi connectivity index (χ2n) is 6.46. The molecule has 30 heavy (non-hydrogen) atoms. The van der Waals surface area contributed by atoms with Gasteiger partial charge in [0.05, 0.1) is 18.2 Å². The number of carbonyl (C=O) groups is 3. The summed E-state index contributed by atoms with van der Waals surface area (Å²) in [5, 5.41) is 0.835. The lowest BCUT2D eigenvalue weighted by Crippen LogP contribution is -2.39. The molecule has 6 nitrogen and oxygen atoms in total. The van der Waals surface area contributed by atoms with Crippen LogP contribution in [0.3, 0.4) is 0 Å². The summed E-state index contributed by atoms with van der Waals surface area (Å²) in [6, 6.07) is 10.9. The summed E-state index contributed by atoms with van der Waals surface area (Å²) in [6.07, 6.45) is -4.47. The highest BCUT2D eigenvalue weighted by atomic mass is 32.2. The molecular weight excluding hydrogens is 421 g/mol. The maximum atomic E-state index is 13.2. The number of nitrogens with one attached hydrogen (secondary N) is 1. The average molecular weight is 438 g/mol. The number of imide groups is 1. The van der Waals surface area contributed by atoms with Crippen LogP contribution in [0, 0.1) is 0 Å². The quantitative estimate of drug-likeness (QED) is 0.744. The SMILES string of the molecule is COc1ccccc1C(=O)N(Cc1ccc(C(F)(F)F)cc1)CC1SC(=O)NC1=O. The molecule has 3 rings (SSSR count). The molecule has 1 atom stereocenters. The van der Waals surface area contributed by atoms with Crippen LogP contribution in [0.25, 0.3) is 0 Å². The Kier molecular flexibility index (Phi) is 6.35. The molecule has 3 amide bonds. The Morgan fingerprint density at radius 3 is 2.37 bits per heavy atom. The van der Waals surface area contributed by atoms with Crippen LogP contribution in [0.15, 0.2) is 48.5 Å². The number of rotatable bonds is 6. The van der Waals surface area contributed by atoms with Gasteiger partial charge in [0.1, 0.15) is 11.0 Å². The van der Waals surface area contributed by atoms with Crippen molar-refractivity contribution in [2.45, 2.75) is 18.0 Å². The number of halogens is 3. The Morgan fingerprint density at radius 2 is 1.80 bits per heavy atom. The van der Waals surface area contributed by atoms with Gasteiger partial charge in [-0.3, -0.25) is 19.7 Å². The third-order valence-corrected chi connectivity index (χ3v) is 5.40. The van der Waals surface area contributed by atoms with E-state index in [1.54, 1.807) is 24.3 Å². The minimum absolute atomic E-state index is 0.0481. The standard InChI is InChI=1S/C20H17F3N2O4S/c1-29-15-5-3-2-4-14(15)18(27)25(11-16-17(26)24-19(28)30-16)10-12-6-8-13(9-7-12)20(21,22)23/h2-9,16H,10-11H2,1H3,(H,24,26,28). The first-order valence-electron chi connectivity index (χ1n) is 8.79. The number of ether oxygens (including phenoxy) is 1. The van der Waals surface area contributed by atoms with Crippen LogP contribution in [0.2, 0.25) is 0 Å². The van der Waals surface area contributed by atoms with Crippen molar-refractivity contribution in [3.8, 4) is 5.75 Å². The third kappa shape index (κ3) is 4.93. The molecule has 1 unspecified atom stereocenters. The average Bonchev–Trinajstić information content (AvgIpc) is 3.03. The number of para-hydroxylation sites is 1. The van der Waals surface area contributed by atoms with E-state index in [1.807, 2.05) is 0 Å². The largest absolute Gasteiger partial charge is 0.496 e. The van der Waals surface area contributed by atoms with Gasteiger partial charge in [-0.05, 0) is 41.6 Å². The first-order chi connectivity index (χ1) is 14.2. The lowest BCUT2D eigenvalue weighted by Gasteiger charge is -2.25. The molecule has 10 heteroatoms. The van der Waals surface area contributed by atoms with E-state index in [1.165, 1.54) is 24.1 Å². The fraction of sp³-hybridized carbons (Fsp3) is 0.250. The molecule has 0 aliphatic carbocycles. The van der Waals surface area contributed by atoms with Crippen molar-refractivity contribution in [1.82, 2.24) is 10.2 Å². The second-order valence-corrected chi connectivity index (χ2v) is 7.64. The van der Waals surface area contributed by atoms with Crippen molar-refractivity contribution in [2.24, 2.45) is 0 Å². The van der Waals surface area contributed by atoms with Gasteiger partial charge < -0.3 is 9.64 Å². The Bertz CT molecular complexity index is 963. The van der Waals surface area contributed by atoms with Crippen LogP contribution in [-0.2, 0) is 17.5 Å². The zero-order chi connectivity index (χ0) is 21.9. The summed E-state index contributed by atoms with van der Waals surface area (Å²) in [5.74, 6) is -0.671. The van der Waals surface area contributed by atoms with Gasteiger partial charge in [0.15, 0.2) is 0 Å². The molecule has 0 aromatic heterocycles. The lowest BCUT2D eigenvalue weighted by molar-refractivity contribution is -0.137. The van der Waals surface area contributed by atoms with E-state index in [9.17, 15) is 27.6 Å². The molecule has 1 heterocycles. The smallest absolute Gasteiger partial charge is 0.416 e. The Balaban J connectivity index is 1.88. The Morgan fingerprint density at radius 1 is 1.13 bits per heavy atom. The van der Waals surface area contributed by atoms with Crippen molar-refractivity contribution in [3.05, 3.63) is 65.2 Å². The maximum absolute atomic E-state index is 13.2. The molecule has 0 spiro atoms. The summed E-state index contributed by atoms with van der Waals surface area (Å²) in [7, 11) is 1.41. The molecule has 1 N–H and O–H groups in total. The van der Waals surface area contributed by atoms with Crippen molar-refractivity contribution >= 4 is 28.8 Å². The fourth-order valence-electron chi connectivity index (χ4n) is 2.94. The number of benzene rings is 2. The van der Waals surface area contributed by atoms with Gasteiger partial charge in [-0.25, -0.2) is 0 Å². The third-order valence-electron chi connectivity index (χ3n) is 4.43. The summed E-state index contributed by atoms with van der Waals surface area (Å²) < 4.78 is 43.6. The zero-order valence-corrected chi connectivity index (χ0v) is 16.5. The summed E-state index contributed by atoms with van der Waals surface area (Å²) >= 11 is 0.767. The predicted molar refractivity (Wildman–Crippen MR) is 104 cm³/mol. The van der Waals surface area contributed by atoms with Crippen molar-refractivity contribution in [1.29, 1.82) is 0 Å². The maximum Gasteiger partial charge on any atom is 0.416 e. The minimum atomic E-state index is -4.47. The number of nitrogens with zero attached hydrogens (tertiary/aromatic N) is 1. The van der Waals surface area contributed by atoms with Gasteiger partial charge in [0.25, 0.3) is 11.1 Å². The number of thioether (sulfide) groups is 1. The minimum Gasteiger partial charge on any atom is -0.496 e. The molecule has 2 aromatic rings. The molecule has 0 radical (unpaired) electrons. The molecule has 1 fully saturated rings. The van der Waals surface area contributed by atoms with E-state index in [2.05, 4.69) is 5.32 Å². The highest BCUT2D eigenvalue weighted by Crippen LogP contribution is 2.30. The van der Waals surface area contributed by atoms with Gasteiger partial charge in [0.2, 0.25) is 5.91 Å². The molecule has 1 aliphatic heterocycles. The van der Waals surface area contributed by atoms with Crippen LogP contribution in [-0.4, -0.2) is 40.9 Å². The van der Waals surface area contributed by atoms with Gasteiger partial charge >= 0.3 is 6.18 Å². The van der Waals surface area contributed by atoms with Crippen LogP contribution < -0.4 is 10.1 Å². The molecule has 1 saturated heterocycles. The normalized spacial score (nSPS) is 16.3. The van der Waals surface area contributed by atoms with Gasteiger partial charge in [-0.15, -0.1) is 0 Å². The van der Waals surface area contributed by atoms with Crippen LogP contribution in [0.4, 0.5) is 18.0 Å². The first-order valence-corrected chi connectivity index (χ1v) is 9.67. The molecule has 1 aliphatic rings. The fourth-order valence-corrected chi connectivity index (χ4v) is 3.78. The van der Waals surface area contributed by atoms with E-state index < -0.39 is 34.0 Å². The number of alkyl halides is 3. The van der Waals surface area contributed by atoms with Crippen LogP contribution in [0.1, 0.15) is 21.5 Å². The van der Waals surface area contributed by atoms with Gasteiger partial charge in [-0.1, -0.05) is 24.3 Å².